The molecule has 1 N–H and O–H groups in total. The molecule has 6 heteroatoms. The minimum absolute atomic E-state index is 0.0300. The Hall–Kier alpha value is -1.56. The van der Waals surface area contributed by atoms with E-state index < -0.39 is 17.3 Å². The molecule has 0 atom stereocenters. The van der Waals surface area contributed by atoms with Gasteiger partial charge in [-0.2, -0.15) is 13.2 Å². The van der Waals surface area contributed by atoms with Crippen molar-refractivity contribution in [2.75, 3.05) is 13.1 Å². The highest BCUT2D eigenvalue weighted by Gasteiger charge is 2.46. The number of hydrogen-bond donors (Lipinski definition) is 1. The van der Waals surface area contributed by atoms with Crippen molar-refractivity contribution in [1.82, 2.24) is 5.32 Å². The van der Waals surface area contributed by atoms with Gasteiger partial charge in [-0.3, -0.25) is 4.79 Å². The molecule has 0 aromatic heterocycles. The van der Waals surface area contributed by atoms with Crippen LogP contribution in [0.4, 0.5) is 13.2 Å². The molecule has 3 rings (SSSR count). The van der Waals surface area contributed by atoms with Crippen molar-refractivity contribution < 1.29 is 22.7 Å². The number of hydrogen-bond acceptors (Lipinski definition) is 3. The molecule has 0 radical (unpaired) electrons. The molecule has 2 aliphatic rings. The van der Waals surface area contributed by atoms with Crippen molar-refractivity contribution >= 4 is 5.78 Å². The molecule has 0 bridgehead atoms. The first-order chi connectivity index (χ1) is 8.40. The van der Waals surface area contributed by atoms with Crippen molar-refractivity contribution in [2.45, 2.75) is 18.2 Å². The number of carbonyl (C=O) groups excluding carboxylic acids is 1. The molecule has 0 aliphatic carbocycles. The number of benzene rings is 1. The molecule has 1 fully saturated rings. The summed E-state index contributed by atoms with van der Waals surface area (Å²) in [5.74, 6) is -0.0374. The minimum atomic E-state index is -4.44. The van der Waals surface area contributed by atoms with E-state index in [0.717, 1.165) is 12.1 Å². The van der Waals surface area contributed by atoms with Crippen LogP contribution in [-0.4, -0.2) is 24.5 Å². The van der Waals surface area contributed by atoms with E-state index >= 15 is 0 Å². The van der Waals surface area contributed by atoms with Gasteiger partial charge in [-0.05, 0) is 18.2 Å². The van der Waals surface area contributed by atoms with Crippen LogP contribution in [0.1, 0.15) is 22.3 Å². The van der Waals surface area contributed by atoms with Crippen molar-refractivity contribution in [2.24, 2.45) is 0 Å². The number of nitrogens with one attached hydrogen (secondary N) is 1. The maximum absolute atomic E-state index is 12.6. The lowest BCUT2D eigenvalue weighted by molar-refractivity contribution is -0.137. The average molecular weight is 257 g/mol. The SMILES string of the molecule is O=C1CC2(CNC2)Oc2ccc(C(F)(F)F)cc21. The molecule has 0 amide bonds. The Bertz CT molecular complexity index is 521. The Morgan fingerprint density at radius 3 is 2.56 bits per heavy atom. The van der Waals surface area contributed by atoms with Crippen LogP contribution in [0.5, 0.6) is 5.75 Å². The summed E-state index contributed by atoms with van der Waals surface area (Å²) in [5, 5.41) is 3.00. The topological polar surface area (TPSA) is 38.3 Å². The van der Waals surface area contributed by atoms with Gasteiger partial charge in [0, 0.05) is 13.1 Å². The fourth-order valence-corrected chi connectivity index (χ4v) is 2.27. The quantitative estimate of drug-likeness (QED) is 0.772. The van der Waals surface area contributed by atoms with E-state index in [4.69, 9.17) is 4.74 Å². The van der Waals surface area contributed by atoms with E-state index in [9.17, 15) is 18.0 Å². The normalized spacial score (nSPS) is 21.2. The molecule has 1 aromatic carbocycles. The Balaban J connectivity index is 2.00. The molecule has 2 aliphatic heterocycles. The number of rotatable bonds is 0. The number of ketones is 1. The maximum atomic E-state index is 12.6. The maximum Gasteiger partial charge on any atom is 0.416 e. The highest BCUT2D eigenvalue weighted by atomic mass is 19.4. The summed E-state index contributed by atoms with van der Waals surface area (Å²) in [7, 11) is 0. The van der Waals surface area contributed by atoms with E-state index in [1.807, 2.05) is 0 Å². The predicted molar refractivity (Wildman–Crippen MR) is 56.6 cm³/mol. The van der Waals surface area contributed by atoms with Crippen molar-refractivity contribution in [1.29, 1.82) is 0 Å². The zero-order valence-corrected chi connectivity index (χ0v) is 9.30. The summed E-state index contributed by atoms with van der Waals surface area (Å²) in [4.78, 5) is 11.9. The van der Waals surface area contributed by atoms with Gasteiger partial charge in [0.15, 0.2) is 5.78 Å². The van der Waals surface area contributed by atoms with Crippen molar-refractivity contribution in [3.8, 4) is 5.75 Å². The van der Waals surface area contributed by atoms with E-state index in [1.54, 1.807) is 0 Å². The molecule has 0 unspecified atom stereocenters. The molecular weight excluding hydrogens is 247 g/mol. The third-order valence-electron chi connectivity index (χ3n) is 3.31. The minimum Gasteiger partial charge on any atom is -0.483 e. The molecule has 0 saturated carbocycles. The second-order valence-electron chi connectivity index (χ2n) is 4.70. The second-order valence-corrected chi connectivity index (χ2v) is 4.70. The highest BCUT2D eigenvalue weighted by molar-refractivity contribution is 6.00. The van der Waals surface area contributed by atoms with Crippen LogP contribution in [0.3, 0.4) is 0 Å². The van der Waals surface area contributed by atoms with Crippen LogP contribution < -0.4 is 10.1 Å². The molecule has 96 valence electrons. The molecule has 3 nitrogen and oxygen atoms in total. The first kappa shape index (κ1) is 11.5. The van der Waals surface area contributed by atoms with E-state index in [-0.39, 0.29) is 23.5 Å². The Labute approximate surface area is 101 Å². The second kappa shape index (κ2) is 3.47. The summed E-state index contributed by atoms with van der Waals surface area (Å²) in [6, 6.07) is 3.04. The number of ether oxygens (including phenoxy) is 1. The number of carbonyl (C=O) groups is 1. The van der Waals surface area contributed by atoms with Gasteiger partial charge in [-0.1, -0.05) is 0 Å². The average Bonchev–Trinajstić information content (AvgIpc) is 2.25. The highest BCUT2D eigenvalue weighted by Crippen LogP contribution is 2.39. The lowest BCUT2D eigenvalue weighted by Gasteiger charge is -2.45. The molecule has 1 saturated heterocycles. The third kappa shape index (κ3) is 1.68. The lowest BCUT2D eigenvalue weighted by Crippen LogP contribution is -2.65. The van der Waals surface area contributed by atoms with E-state index in [2.05, 4.69) is 5.32 Å². The fraction of sp³-hybridized carbons (Fsp3) is 0.417. The molecule has 1 spiro atoms. The van der Waals surface area contributed by atoms with Crippen LogP contribution in [0.15, 0.2) is 18.2 Å². The monoisotopic (exact) mass is 257 g/mol. The van der Waals surface area contributed by atoms with Crippen molar-refractivity contribution in [3.05, 3.63) is 29.3 Å². The van der Waals surface area contributed by atoms with Gasteiger partial charge in [0.2, 0.25) is 0 Å². The summed E-state index contributed by atoms with van der Waals surface area (Å²) in [5.41, 5.74) is -1.34. The first-order valence-electron chi connectivity index (χ1n) is 5.54. The Morgan fingerprint density at radius 1 is 1.28 bits per heavy atom. The molecule has 1 aromatic rings. The zero-order chi connectivity index (χ0) is 13.0. The number of fused-ring (bicyclic) bond motifs is 1. The van der Waals surface area contributed by atoms with Gasteiger partial charge in [-0.15, -0.1) is 0 Å². The number of Topliss-reactive ketones (excluding diaryl/α,β-unsaturated/α-hetero) is 1. The smallest absolute Gasteiger partial charge is 0.416 e. The summed E-state index contributed by atoms with van der Waals surface area (Å²) in [6.45, 7) is 1.11. The first-order valence-corrected chi connectivity index (χ1v) is 5.54. The van der Waals surface area contributed by atoms with E-state index in [1.165, 1.54) is 6.07 Å². The van der Waals surface area contributed by atoms with Gasteiger partial charge < -0.3 is 10.1 Å². The molecule has 18 heavy (non-hydrogen) atoms. The molecular formula is C12H10F3NO2. The van der Waals surface area contributed by atoms with Crippen molar-refractivity contribution in [3.63, 3.8) is 0 Å². The Kier molecular flexibility index (Phi) is 2.22. The zero-order valence-electron chi connectivity index (χ0n) is 9.30. The predicted octanol–water partition coefficient (Wildman–Crippen LogP) is 2.01. The number of halogens is 3. The fourth-order valence-electron chi connectivity index (χ4n) is 2.27. The van der Waals surface area contributed by atoms with Gasteiger partial charge >= 0.3 is 6.18 Å². The number of alkyl halides is 3. The van der Waals surface area contributed by atoms with E-state index in [0.29, 0.717) is 13.1 Å². The van der Waals surface area contributed by atoms with Crippen LogP contribution in [0.2, 0.25) is 0 Å². The summed E-state index contributed by atoms with van der Waals surface area (Å²) in [6.07, 6.45) is -4.31. The van der Waals surface area contributed by atoms with Crippen LogP contribution in [0.25, 0.3) is 0 Å². The standard InChI is InChI=1S/C12H10F3NO2/c13-12(14,15)7-1-2-10-8(3-7)9(17)4-11(18-10)5-16-6-11/h1-3,16H,4-6H2. The lowest BCUT2D eigenvalue weighted by atomic mass is 9.85. The van der Waals surface area contributed by atoms with Gasteiger partial charge in [-0.25, -0.2) is 0 Å². The summed E-state index contributed by atoms with van der Waals surface area (Å²) >= 11 is 0. The third-order valence-corrected chi connectivity index (χ3v) is 3.31. The largest absolute Gasteiger partial charge is 0.483 e. The summed E-state index contributed by atoms with van der Waals surface area (Å²) < 4.78 is 43.3. The molecule has 2 heterocycles. The van der Waals surface area contributed by atoms with Crippen LogP contribution >= 0.6 is 0 Å². The van der Waals surface area contributed by atoms with Crippen LogP contribution in [-0.2, 0) is 6.18 Å². The van der Waals surface area contributed by atoms with Crippen LogP contribution in [0, 0.1) is 0 Å². The van der Waals surface area contributed by atoms with Gasteiger partial charge in [0.05, 0.1) is 17.5 Å². The van der Waals surface area contributed by atoms with Gasteiger partial charge in [0.25, 0.3) is 0 Å². The van der Waals surface area contributed by atoms with Gasteiger partial charge in [0.1, 0.15) is 11.4 Å². The Morgan fingerprint density at radius 2 is 2.00 bits per heavy atom.